The van der Waals surface area contributed by atoms with Gasteiger partial charge in [0.2, 0.25) is 0 Å². The van der Waals surface area contributed by atoms with Gasteiger partial charge >= 0.3 is 5.97 Å². The number of carbonyl (C=O) groups is 1. The van der Waals surface area contributed by atoms with Crippen molar-refractivity contribution in [1.29, 1.82) is 0 Å². The van der Waals surface area contributed by atoms with Gasteiger partial charge in [-0.05, 0) is 32.4 Å². The average molecular weight is 298 g/mol. The van der Waals surface area contributed by atoms with Crippen LogP contribution in [0, 0.1) is 0 Å². The van der Waals surface area contributed by atoms with Crippen molar-refractivity contribution in [3.8, 4) is 0 Å². The quantitative estimate of drug-likeness (QED) is 0.882. The summed E-state index contributed by atoms with van der Waals surface area (Å²) < 4.78 is 23.5. The Morgan fingerprint density at radius 3 is 2.70 bits per heavy atom. The summed E-state index contributed by atoms with van der Waals surface area (Å²) in [7, 11) is -3.15. The lowest BCUT2D eigenvalue weighted by atomic mass is 10.1. The number of aromatic nitrogens is 1. The zero-order chi connectivity index (χ0) is 15.0. The Balaban J connectivity index is 2.27. The molecule has 1 fully saturated rings. The fourth-order valence-electron chi connectivity index (χ4n) is 2.13. The highest BCUT2D eigenvalue weighted by Gasteiger charge is 2.37. The summed E-state index contributed by atoms with van der Waals surface area (Å²) in [4.78, 5) is 16.8. The third kappa shape index (κ3) is 2.77. The van der Waals surface area contributed by atoms with E-state index >= 15 is 0 Å². The number of pyridine rings is 1. The lowest BCUT2D eigenvalue weighted by molar-refractivity contribution is 0.0690. The van der Waals surface area contributed by atoms with Crippen molar-refractivity contribution >= 4 is 21.6 Å². The number of sulfone groups is 1. The van der Waals surface area contributed by atoms with Gasteiger partial charge in [-0.25, -0.2) is 18.2 Å². The van der Waals surface area contributed by atoms with E-state index in [0.29, 0.717) is 25.3 Å². The van der Waals surface area contributed by atoms with Gasteiger partial charge in [0.1, 0.15) is 5.82 Å². The summed E-state index contributed by atoms with van der Waals surface area (Å²) in [5.74, 6) is -0.522. The molecule has 0 aromatic carbocycles. The summed E-state index contributed by atoms with van der Waals surface area (Å²) >= 11 is 0. The third-order valence-electron chi connectivity index (χ3n) is 3.73. The normalized spacial score (nSPS) is 21.2. The van der Waals surface area contributed by atoms with Crippen molar-refractivity contribution in [2.45, 2.75) is 25.0 Å². The molecule has 0 amide bonds. The largest absolute Gasteiger partial charge is 0.477 e. The molecule has 1 aromatic rings. The van der Waals surface area contributed by atoms with Gasteiger partial charge in [0.15, 0.2) is 15.5 Å². The summed E-state index contributed by atoms with van der Waals surface area (Å²) in [6, 6.07) is 4.75. The van der Waals surface area contributed by atoms with E-state index in [2.05, 4.69) is 4.98 Å². The molecule has 1 aliphatic heterocycles. The van der Waals surface area contributed by atoms with Crippen molar-refractivity contribution in [3.63, 3.8) is 0 Å². The second kappa shape index (κ2) is 5.05. The molecular weight excluding hydrogens is 280 g/mol. The minimum atomic E-state index is -3.15. The lowest BCUT2D eigenvalue weighted by Gasteiger charge is -2.23. The molecule has 0 bridgehead atoms. The van der Waals surface area contributed by atoms with Gasteiger partial charge in [-0.1, -0.05) is 6.07 Å². The molecule has 20 heavy (non-hydrogen) atoms. The van der Waals surface area contributed by atoms with Crippen LogP contribution in [-0.4, -0.2) is 48.1 Å². The van der Waals surface area contributed by atoms with Gasteiger partial charge in [0.25, 0.3) is 0 Å². The lowest BCUT2D eigenvalue weighted by Crippen LogP contribution is -2.33. The van der Waals surface area contributed by atoms with Crippen LogP contribution in [0.5, 0.6) is 0 Å². The maximum atomic E-state index is 12.1. The van der Waals surface area contributed by atoms with Crippen LogP contribution < -0.4 is 4.90 Å². The predicted octanol–water partition coefficient (Wildman–Crippen LogP) is 1.18. The SMILES string of the molecule is CC1(C)CCN(c2cccc(C(=O)O)n2)CCS1(=O)=O. The van der Waals surface area contributed by atoms with Gasteiger partial charge in [-0.3, -0.25) is 0 Å². The molecule has 1 N–H and O–H groups in total. The molecule has 7 heteroatoms. The number of nitrogens with zero attached hydrogens (tertiary/aromatic N) is 2. The maximum Gasteiger partial charge on any atom is 0.354 e. The van der Waals surface area contributed by atoms with Crippen LogP contribution in [0.3, 0.4) is 0 Å². The zero-order valence-electron chi connectivity index (χ0n) is 11.5. The first-order valence-electron chi connectivity index (χ1n) is 6.40. The van der Waals surface area contributed by atoms with Gasteiger partial charge in [-0.15, -0.1) is 0 Å². The number of hydrogen-bond acceptors (Lipinski definition) is 5. The van der Waals surface area contributed by atoms with E-state index in [0.717, 1.165) is 0 Å². The van der Waals surface area contributed by atoms with E-state index in [4.69, 9.17) is 5.11 Å². The van der Waals surface area contributed by atoms with E-state index in [-0.39, 0.29) is 11.4 Å². The molecule has 0 atom stereocenters. The highest BCUT2D eigenvalue weighted by molar-refractivity contribution is 7.92. The number of carboxylic acids is 1. The van der Waals surface area contributed by atoms with Crippen LogP contribution in [0.15, 0.2) is 18.2 Å². The van der Waals surface area contributed by atoms with Gasteiger partial charge < -0.3 is 10.0 Å². The Morgan fingerprint density at radius 2 is 2.05 bits per heavy atom. The van der Waals surface area contributed by atoms with E-state index in [1.807, 2.05) is 4.90 Å². The molecule has 2 heterocycles. The van der Waals surface area contributed by atoms with E-state index in [1.54, 1.807) is 26.0 Å². The third-order valence-corrected chi connectivity index (χ3v) is 6.34. The van der Waals surface area contributed by atoms with Crippen LogP contribution in [-0.2, 0) is 9.84 Å². The predicted molar refractivity (Wildman–Crippen MR) is 75.9 cm³/mol. The molecule has 0 unspecified atom stereocenters. The van der Waals surface area contributed by atoms with Crippen LogP contribution in [0.4, 0.5) is 5.82 Å². The molecule has 2 rings (SSSR count). The number of carboxylic acid groups (broad SMARTS) is 1. The van der Waals surface area contributed by atoms with Gasteiger partial charge in [-0.2, -0.15) is 0 Å². The monoisotopic (exact) mass is 298 g/mol. The first kappa shape index (κ1) is 14.8. The van der Waals surface area contributed by atoms with Crippen molar-refractivity contribution in [2.75, 3.05) is 23.7 Å². The van der Waals surface area contributed by atoms with Crippen LogP contribution >= 0.6 is 0 Å². The molecule has 110 valence electrons. The molecule has 1 aromatic heterocycles. The molecular formula is C13H18N2O4S. The Hall–Kier alpha value is -1.63. The average Bonchev–Trinajstić information content (AvgIpc) is 2.48. The maximum absolute atomic E-state index is 12.1. The number of rotatable bonds is 2. The number of hydrogen-bond donors (Lipinski definition) is 1. The van der Waals surface area contributed by atoms with E-state index < -0.39 is 20.6 Å². The Labute approximate surface area is 118 Å². The molecule has 1 aliphatic rings. The minimum absolute atomic E-state index is 0.0335. The van der Waals surface area contributed by atoms with Crippen molar-refractivity contribution < 1.29 is 18.3 Å². The molecule has 0 radical (unpaired) electrons. The summed E-state index contributed by atoms with van der Waals surface area (Å²) in [6.45, 7) is 4.34. The molecule has 1 saturated heterocycles. The minimum Gasteiger partial charge on any atom is -0.477 e. The smallest absolute Gasteiger partial charge is 0.354 e. The van der Waals surface area contributed by atoms with E-state index in [9.17, 15) is 13.2 Å². The first-order chi connectivity index (χ1) is 9.23. The summed E-state index contributed by atoms with van der Waals surface area (Å²) in [5.41, 5.74) is -0.0335. The first-order valence-corrected chi connectivity index (χ1v) is 8.06. The highest BCUT2D eigenvalue weighted by Crippen LogP contribution is 2.27. The number of anilines is 1. The van der Waals surface area contributed by atoms with Crippen LogP contribution in [0.2, 0.25) is 0 Å². The van der Waals surface area contributed by atoms with Gasteiger partial charge in [0.05, 0.1) is 10.5 Å². The van der Waals surface area contributed by atoms with Crippen molar-refractivity contribution in [3.05, 3.63) is 23.9 Å². The zero-order valence-corrected chi connectivity index (χ0v) is 12.4. The fourth-order valence-corrected chi connectivity index (χ4v) is 3.54. The van der Waals surface area contributed by atoms with Crippen molar-refractivity contribution in [2.24, 2.45) is 0 Å². The Bertz CT molecular complexity index is 625. The Morgan fingerprint density at radius 1 is 1.35 bits per heavy atom. The second-order valence-corrected chi connectivity index (χ2v) is 8.24. The van der Waals surface area contributed by atoms with Crippen LogP contribution in [0.1, 0.15) is 30.8 Å². The summed E-state index contributed by atoms with van der Waals surface area (Å²) in [6.07, 6.45) is 0.494. The van der Waals surface area contributed by atoms with E-state index in [1.165, 1.54) is 6.07 Å². The van der Waals surface area contributed by atoms with Crippen molar-refractivity contribution in [1.82, 2.24) is 4.98 Å². The highest BCUT2D eigenvalue weighted by atomic mass is 32.2. The molecule has 0 aliphatic carbocycles. The topological polar surface area (TPSA) is 87.6 Å². The second-order valence-electron chi connectivity index (χ2n) is 5.50. The summed E-state index contributed by atoms with van der Waals surface area (Å²) in [5, 5.41) is 8.95. The Kier molecular flexibility index (Phi) is 3.73. The molecule has 0 saturated carbocycles. The molecule has 6 nitrogen and oxygen atoms in total. The molecule has 0 spiro atoms. The standard InChI is InChI=1S/C13H18N2O4S/c1-13(2)6-7-15(8-9-20(13,18)19)11-5-3-4-10(14-11)12(16)17/h3-5H,6-9H2,1-2H3,(H,16,17). The fraction of sp³-hybridized carbons (Fsp3) is 0.538. The van der Waals surface area contributed by atoms with Crippen LogP contribution in [0.25, 0.3) is 0 Å². The number of aromatic carboxylic acids is 1. The van der Waals surface area contributed by atoms with Gasteiger partial charge in [0, 0.05) is 13.1 Å².